The Balaban J connectivity index is 1.07. The zero-order valence-electron chi connectivity index (χ0n) is 30.7. The van der Waals surface area contributed by atoms with Gasteiger partial charge < -0.3 is 0 Å². The van der Waals surface area contributed by atoms with Crippen LogP contribution in [0.1, 0.15) is 0 Å². The highest BCUT2D eigenvalue weighted by Gasteiger charge is 2.18. The number of pyridine rings is 1. The van der Waals surface area contributed by atoms with E-state index < -0.39 is 0 Å². The Morgan fingerprint density at radius 3 is 1.35 bits per heavy atom. The van der Waals surface area contributed by atoms with Gasteiger partial charge in [-0.25, -0.2) is 19.9 Å². The first-order valence-electron chi connectivity index (χ1n) is 19.0. The Morgan fingerprint density at radius 1 is 0.298 bits per heavy atom. The zero-order chi connectivity index (χ0) is 37.7. The van der Waals surface area contributed by atoms with Crippen molar-refractivity contribution < 1.29 is 0 Å². The molecule has 3 heterocycles. The molecule has 0 atom stereocenters. The molecule has 0 spiro atoms. The molecule has 0 unspecified atom stereocenters. The number of rotatable bonds is 6. The van der Waals surface area contributed by atoms with Gasteiger partial charge in [0.05, 0.1) is 11.2 Å². The van der Waals surface area contributed by atoms with Gasteiger partial charge in [-0.3, -0.25) is 0 Å². The first-order chi connectivity index (χ1) is 28.2. The fourth-order valence-electron chi connectivity index (χ4n) is 7.87. The van der Waals surface area contributed by atoms with Crippen molar-refractivity contribution in [2.75, 3.05) is 0 Å². The summed E-state index contributed by atoms with van der Waals surface area (Å²) < 4.78 is 2.47. The standard InChI is InChI=1S/C52H32N4S/c1-4-12-33(13-5-1)35-20-24-38(25-21-35)50-54-51(39-26-22-36(23-27-39)34-14-6-2-7-15-34)56-52(55-50)40-28-31-46-44(32-40)41-29-30-43-47(49(41)57-46)42-18-10-11-19-45(42)53-48(43)37-16-8-3-9-17-37/h1-32H. The Labute approximate surface area is 333 Å². The lowest BCUT2D eigenvalue weighted by Gasteiger charge is -2.11. The van der Waals surface area contributed by atoms with E-state index in [4.69, 9.17) is 19.9 Å². The Hall–Kier alpha value is -7.34. The van der Waals surface area contributed by atoms with E-state index in [1.807, 2.05) is 23.5 Å². The maximum Gasteiger partial charge on any atom is 0.164 e. The Kier molecular flexibility index (Phi) is 7.97. The van der Waals surface area contributed by atoms with Crippen molar-refractivity contribution >= 4 is 53.2 Å². The quantitative estimate of drug-likeness (QED) is 0.159. The predicted octanol–water partition coefficient (Wildman–Crippen LogP) is 13.9. The first kappa shape index (κ1) is 33.0. The fraction of sp³-hybridized carbons (Fsp3) is 0. The van der Waals surface area contributed by atoms with Crippen molar-refractivity contribution in [3.63, 3.8) is 0 Å². The minimum atomic E-state index is 0.635. The van der Waals surface area contributed by atoms with Crippen LogP contribution in [0.3, 0.4) is 0 Å². The van der Waals surface area contributed by atoms with Gasteiger partial charge in [0.15, 0.2) is 17.5 Å². The maximum atomic E-state index is 5.18. The highest BCUT2D eigenvalue weighted by molar-refractivity contribution is 7.26. The molecule has 3 aromatic heterocycles. The molecule has 0 radical (unpaired) electrons. The lowest BCUT2D eigenvalue weighted by Crippen LogP contribution is -2.00. The van der Waals surface area contributed by atoms with Crippen molar-refractivity contribution in [2.45, 2.75) is 0 Å². The van der Waals surface area contributed by atoms with Crippen LogP contribution in [0.25, 0.3) is 110 Å². The van der Waals surface area contributed by atoms with Gasteiger partial charge in [0.2, 0.25) is 0 Å². The minimum Gasteiger partial charge on any atom is -0.247 e. The van der Waals surface area contributed by atoms with Crippen LogP contribution < -0.4 is 0 Å². The lowest BCUT2D eigenvalue weighted by atomic mass is 9.98. The molecule has 0 aliphatic carbocycles. The molecular formula is C52H32N4S. The second kappa shape index (κ2) is 13.7. The number of thiophene rings is 1. The molecule has 0 saturated heterocycles. The second-order valence-electron chi connectivity index (χ2n) is 14.2. The average Bonchev–Trinajstić information content (AvgIpc) is 3.68. The third-order valence-electron chi connectivity index (χ3n) is 10.7. The first-order valence-corrected chi connectivity index (χ1v) is 19.9. The smallest absolute Gasteiger partial charge is 0.164 e. The van der Waals surface area contributed by atoms with E-state index in [1.165, 1.54) is 36.7 Å². The van der Waals surface area contributed by atoms with Gasteiger partial charge in [0.25, 0.3) is 0 Å². The molecular weight excluding hydrogens is 713 g/mol. The minimum absolute atomic E-state index is 0.635. The van der Waals surface area contributed by atoms with Crippen LogP contribution in [0.5, 0.6) is 0 Å². The van der Waals surface area contributed by atoms with Crippen LogP contribution in [-0.4, -0.2) is 19.9 Å². The van der Waals surface area contributed by atoms with Crippen molar-refractivity contribution in [1.29, 1.82) is 0 Å². The summed E-state index contributed by atoms with van der Waals surface area (Å²) in [5.74, 6) is 1.91. The normalized spacial score (nSPS) is 11.5. The van der Waals surface area contributed by atoms with Crippen molar-refractivity contribution in [2.24, 2.45) is 0 Å². The largest absolute Gasteiger partial charge is 0.247 e. The molecule has 0 amide bonds. The van der Waals surface area contributed by atoms with Crippen LogP contribution >= 0.6 is 11.3 Å². The van der Waals surface area contributed by atoms with Gasteiger partial charge in [0, 0.05) is 58.6 Å². The molecule has 0 bridgehead atoms. The van der Waals surface area contributed by atoms with Crippen LogP contribution in [-0.2, 0) is 0 Å². The third-order valence-corrected chi connectivity index (χ3v) is 11.9. The van der Waals surface area contributed by atoms with E-state index in [2.05, 4.69) is 182 Å². The number of hydrogen-bond donors (Lipinski definition) is 0. The van der Waals surface area contributed by atoms with Crippen LogP contribution in [0.4, 0.5) is 0 Å². The number of nitrogens with zero attached hydrogens (tertiary/aromatic N) is 4. The average molecular weight is 745 g/mol. The van der Waals surface area contributed by atoms with E-state index in [0.717, 1.165) is 55.4 Å². The number of para-hydroxylation sites is 1. The van der Waals surface area contributed by atoms with E-state index in [0.29, 0.717) is 17.5 Å². The van der Waals surface area contributed by atoms with Crippen LogP contribution in [0.2, 0.25) is 0 Å². The predicted molar refractivity (Wildman–Crippen MR) is 238 cm³/mol. The highest BCUT2D eigenvalue weighted by atomic mass is 32.1. The summed E-state index contributed by atoms with van der Waals surface area (Å²) in [5, 5.41) is 5.94. The molecule has 0 N–H and O–H groups in total. The number of benzene rings is 8. The van der Waals surface area contributed by atoms with E-state index >= 15 is 0 Å². The fourth-order valence-corrected chi connectivity index (χ4v) is 9.12. The van der Waals surface area contributed by atoms with Crippen molar-refractivity contribution in [3.8, 4) is 67.7 Å². The van der Waals surface area contributed by atoms with Gasteiger partial charge in [-0.2, -0.15) is 0 Å². The maximum absolute atomic E-state index is 5.18. The summed E-state index contributed by atoms with van der Waals surface area (Å²) in [6, 6.07) is 67.9. The topological polar surface area (TPSA) is 51.6 Å². The molecule has 11 rings (SSSR count). The van der Waals surface area contributed by atoms with Gasteiger partial charge in [0.1, 0.15) is 0 Å². The van der Waals surface area contributed by atoms with Crippen LogP contribution in [0.15, 0.2) is 194 Å². The molecule has 5 heteroatoms. The lowest BCUT2D eigenvalue weighted by molar-refractivity contribution is 1.07. The molecule has 0 fully saturated rings. The number of aromatic nitrogens is 4. The summed E-state index contributed by atoms with van der Waals surface area (Å²) in [5.41, 5.74) is 10.6. The van der Waals surface area contributed by atoms with Crippen molar-refractivity contribution in [3.05, 3.63) is 194 Å². The molecule has 266 valence electrons. The van der Waals surface area contributed by atoms with Crippen LogP contribution in [0, 0.1) is 0 Å². The molecule has 0 aliphatic heterocycles. The molecule has 4 nitrogen and oxygen atoms in total. The van der Waals surface area contributed by atoms with Gasteiger partial charge >= 0.3 is 0 Å². The molecule has 11 aromatic rings. The zero-order valence-corrected chi connectivity index (χ0v) is 31.5. The van der Waals surface area contributed by atoms with Gasteiger partial charge in [-0.1, -0.05) is 170 Å². The second-order valence-corrected chi connectivity index (χ2v) is 15.3. The number of hydrogen-bond acceptors (Lipinski definition) is 5. The Bertz CT molecular complexity index is 3150. The third kappa shape index (κ3) is 5.93. The SMILES string of the molecule is c1ccc(-c2ccc(-c3nc(-c4ccc(-c5ccccc5)cc4)nc(-c4ccc5sc6c(ccc7c(-c8ccccc8)nc8ccccc8c76)c5c4)n3)cc2)cc1. The number of fused-ring (bicyclic) bond motifs is 7. The van der Waals surface area contributed by atoms with Gasteiger partial charge in [-0.15, -0.1) is 11.3 Å². The summed E-state index contributed by atoms with van der Waals surface area (Å²) in [4.78, 5) is 20.5. The van der Waals surface area contributed by atoms with E-state index in [-0.39, 0.29) is 0 Å². The highest BCUT2D eigenvalue weighted by Crippen LogP contribution is 2.44. The van der Waals surface area contributed by atoms with E-state index in [1.54, 1.807) is 0 Å². The monoisotopic (exact) mass is 744 g/mol. The summed E-state index contributed by atoms with van der Waals surface area (Å²) in [6.45, 7) is 0. The van der Waals surface area contributed by atoms with Crippen molar-refractivity contribution in [1.82, 2.24) is 19.9 Å². The summed E-state index contributed by atoms with van der Waals surface area (Å²) >= 11 is 1.83. The molecule has 0 saturated carbocycles. The van der Waals surface area contributed by atoms with Gasteiger partial charge in [-0.05, 0) is 46.5 Å². The molecule has 0 aliphatic rings. The summed E-state index contributed by atoms with van der Waals surface area (Å²) in [7, 11) is 0. The summed E-state index contributed by atoms with van der Waals surface area (Å²) in [6.07, 6.45) is 0. The van der Waals surface area contributed by atoms with E-state index in [9.17, 15) is 0 Å². The molecule has 57 heavy (non-hydrogen) atoms. The Morgan fingerprint density at radius 2 is 0.754 bits per heavy atom. The molecule has 8 aromatic carbocycles.